The molecule has 36 heavy (non-hydrogen) atoms. The lowest BCUT2D eigenvalue weighted by Crippen LogP contribution is -2.46. The first kappa shape index (κ1) is 22.2. The third-order valence-electron chi connectivity index (χ3n) is 7.03. The minimum Gasteiger partial charge on any atom is -0.497 e. The molecule has 6 heteroatoms. The van der Waals surface area contributed by atoms with Gasteiger partial charge in [0.15, 0.2) is 0 Å². The number of nitrogens with one attached hydrogen (secondary N) is 1. The van der Waals surface area contributed by atoms with E-state index in [2.05, 4.69) is 40.7 Å². The second-order valence-corrected chi connectivity index (χ2v) is 9.66. The standard InChI is InChI=1S/C30H27N3O3/c1-30(2,33-28-20(17-31-33)13-12-19-16-21(35-3)14-15-22(19)28)32-29(34)36-18-27-25-10-6-4-8-23(25)24-9-5-7-11-26(24)27/h4-17,27H,18H2,1-3H3,(H,32,34). The average molecular weight is 478 g/mol. The Morgan fingerprint density at radius 1 is 0.944 bits per heavy atom. The van der Waals surface area contributed by atoms with Gasteiger partial charge >= 0.3 is 6.09 Å². The predicted molar refractivity (Wildman–Crippen MR) is 141 cm³/mol. The number of ether oxygens (including phenoxy) is 2. The van der Waals surface area contributed by atoms with E-state index >= 15 is 0 Å². The molecule has 0 atom stereocenters. The van der Waals surface area contributed by atoms with Crippen molar-refractivity contribution in [2.75, 3.05) is 13.7 Å². The molecule has 0 bridgehead atoms. The van der Waals surface area contributed by atoms with Gasteiger partial charge in [-0.1, -0.05) is 60.7 Å². The van der Waals surface area contributed by atoms with Gasteiger partial charge < -0.3 is 9.47 Å². The molecule has 180 valence electrons. The molecular weight excluding hydrogens is 450 g/mol. The van der Waals surface area contributed by atoms with E-state index in [-0.39, 0.29) is 12.5 Å². The van der Waals surface area contributed by atoms with Crippen LogP contribution in [0.25, 0.3) is 32.8 Å². The van der Waals surface area contributed by atoms with Gasteiger partial charge in [0, 0.05) is 16.7 Å². The first-order valence-electron chi connectivity index (χ1n) is 12.0. The molecule has 0 saturated carbocycles. The van der Waals surface area contributed by atoms with E-state index in [0.29, 0.717) is 0 Å². The molecular formula is C30H27N3O3. The van der Waals surface area contributed by atoms with E-state index in [1.54, 1.807) is 7.11 Å². The Morgan fingerprint density at radius 3 is 2.31 bits per heavy atom. The van der Waals surface area contributed by atoms with Crippen molar-refractivity contribution in [2.45, 2.75) is 25.4 Å². The van der Waals surface area contributed by atoms with Crippen LogP contribution in [-0.4, -0.2) is 29.6 Å². The van der Waals surface area contributed by atoms with Crippen LogP contribution in [0.2, 0.25) is 0 Å². The van der Waals surface area contributed by atoms with Crippen molar-refractivity contribution in [1.29, 1.82) is 0 Å². The molecule has 6 nitrogen and oxygen atoms in total. The number of methoxy groups -OCH3 is 1. The van der Waals surface area contributed by atoms with Gasteiger partial charge in [-0.2, -0.15) is 5.10 Å². The maximum absolute atomic E-state index is 13.0. The second kappa shape index (κ2) is 8.41. The maximum atomic E-state index is 13.0. The maximum Gasteiger partial charge on any atom is 0.409 e. The highest BCUT2D eigenvalue weighted by molar-refractivity contribution is 6.06. The lowest BCUT2D eigenvalue weighted by Gasteiger charge is -2.28. The van der Waals surface area contributed by atoms with Crippen molar-refractivity contribution < 1.29 is 14.3 Å². The Morgan fingerprint density at radius 2 is 1.61 bits per heavy atom. The molecule has 1 amide bonds. The van der Waals surface area contributed by atoms with E-state index in [9.17, 15) is 4.79 Å². The van der Waals surface area contributed by atoms with E-state index in [1.807, 2.05) is 73.3 Å². The first-order chi connectivity index (χ1) is 17.5. The number of aromatic nitrogens is 2. The molecule has 1 aliphatic carbocycles. The van der Waals surface area contributed by atoms with Crippen LogP contribution in [-0.2, 0) is 10.4 Å². The lowest BCUT2D eigenvalue weighted by atomic mass is 9.98. The number of carbonyl (C=O) groups is 1. The summed E-state index contributed by atoms with van der Waals surface area (Å²) in [6.45, 7) is 4.10. The predicted octanol–water partition coefficient (Wildman–Crippen LogP) is 6.43. The Bertz CT molecular complexity index is 1570. The minimum absolute atomic E-state index is 0.00993. The highest BCUT2D eigenvalue weighted by Gasteiger charge is 2.31. The van der Waals surface area contributed by atoms with Gasteiger partial charge in [-0.25, -0.2) is 9.48 Å². The minimum atomic E-state index is -0.821. The van der Waals surface area contributed by atoms with Crippen molar-refractivity contribution >= 4 is 27.8 Å². The summed E-state index contributed by atoms with van der Waals surface area (Å²) in [6.07, 6.45) is 1.34. The summed E-state index contributed by atoms with van der Waals surface area (Å²) < 4.78 is 13.0. The molecule has 0 unspecified atom stereocenters. The molecule has 0 radical (unpaired) electrons. The summed E-state index contributed by atoms with van der Waals surface area (Å²) in [4.78, 5) is 13.0. The quantitative estimate of drug-likeness (QED) is 0.317. The van der Waals surface area contributed by atoms with Crippen LogP contribution in [0.4, 0.5) is 4.79 Å². The monoisotopic (exact) mass is 477 g/mol. The Labute approximate surface area is 209 Å². The van der Waals surface area contributed by atoms with Gasteiger partial charge in [0.2, 0.25) is 0 Å². The van der Waals surface area contributed by atoms with Crippen molar-refractivity contribution in [3.05, 3.63) is 96.2 Å². The summed E-state index contributed by atoms with van der Waals surface area (Å²) >= 11 is 0. The van der Waals surface area contributed by atoms with Crippen LogP contribution in [0.1, 0.15) is 30.9 Å². The van der Waals surface area contributed by atoms with Gasteiger partial charge in [0.1, 0.15) is 18.0 Å². The highest BCUT2D eigenvalue weighted by Crippen LogP contribution is 2.44. The largest absolute Gasteiger partial charge is 0.497 e. The molecule has 0 aliphatic heterocycles. The zero-order valence-electron chi connectivity index (χ0n) is 20.5. The first-order valence-corrected chi connectivity index (χ1v) is 12.0. The highest BCUT2D eigenvalue weighted by atomic mass is 16.5. The number of fused-ring (bicyclic) bond motifs is 6. The normalized spacial score (nSPS) is 13.0. The van der Waals surface area contributed by atoms with E-state index in [0.717, 1.165) is 27.4 Å². The average Bonchev–Trinajstić information content (AvgIpc) is 3.47. The zero-order valence-corrected chi connectivity index (χ0v) is 20.5. The lowest BCUT2D eigenvalue weighted by molar-refractivity contribution is 0.121. The van der Waals surface area contributed by atoms with Crippen molar-refractivity contribution in [3.8, 4) is 16.9 Å². The summed E-state index contributed by atoms with van der Waals surface area (Å²) in [7, 11) is 1.66. The SMILES string of the molecule is COc1ccc2c(ccc3cnn(C(C)(C)NC(=O)OCC4c5ccccc5-c5ccccc54)c32)c1. The molecule has 4 aromatic carbocycles. The molecule has 0 saturated heterocycles. The molecule has 6 rings (SSSR count). The number of nitrogens with zero attached hydrogens (tertiary/aromatic N) is 2. The van der Waals surface area contributed by atoms with Gasteiger partial charge in [-0.05, 0) is 59.7 Å². The van der Waals surface area contributed by atoms with Crippen molar-refractivity contribution in [1.82, 2.24) is 15.1 Å². The van der Waals surface area contributed by atoms with Crippen LogP contribution < -0.4 is 10.1 Å². The number of hydrogen-bond acceptors (Lipinski definition) is 4. The van der Waals surface area contributed by atoms with Gasteiger partial charge in [-0.15, -0.1) is 0 Å². The molecule has 0 fully saturated rings. The summed E-state index contributed by atoms with van der Waals surface area (Å²) in [6, 6.07) is 26.7. The number of carbonyl (C=O) groups excluding carboxylic acids is 1. The van der Waals surface area contributed by atoms with Gasteiger partial charge in [0.05, 0.1) is 18.8 Å². The fourth-order valence-corrected chi connectivity index (χ4v) is 5.31. The third kappa shape index (κ3) is 3.57. The smallest absolute Gasteiger partial charge is 0.409 e. The summed E-state index contributed by atoms with van der Waals surface area (Å²) in [5.74, 6) is 0.805. The van der Waals surface area contributed by atoms with Gasteiger partial charge in [0.25, 0.3) is 0 Å². The van der Waals surface area contributed by atoms with Gasteiger partial charge in [-0.3, -0.25) is 5.32 Å². The van der Waals surface area contributed by atoms with Crippen LogP contribution in [0.3, 0.4) is 0 Å². The Balaban J connectivity index is 1.25. The molecule has 0 spiro atoms. The van der Waals surface area contributed by atoms with Crippen LogP contribution in [0, 0.1) is 0 Å². The second-order valence-electron chi connectivity index (χ2n) is 9.66. The molecule has 1 aliphatic rings. The zero-order chi connectivity index (χ0) is 24.9. The Hall–Kier alpha value is -4.32. The number of alkyl carbamates (subject to hydrolysis) is 1. The number of rotatable bonds is 5. The molecule has 5 aromatic rings. The Kier molecular flexibility index (Phi) is 5.18. The van der Waals surface area contributed by atoms with Crippen LogP contribution in [0.15, 0.2) is 85.1 Å². The van der Waals surface area contributed by atoms with Crippen molar-refractivity contribution in [2.24, 2.45) is 0 Å². The summed E-state index contributed by atoms with van der Waals surface area (Å²) in [5.41, 5.74) is 4.90. The molecule has 1 N–H and O–H groups in total. The fourth-order valence-electron chi connectivity index (χ4n) is 5.31. The topological polar surface area (TPSA) is 65.4 Å². The molecule has 1 aromatic heterocycles. The van der Waals surface area contributed by atoms with Crippen LogP contribution >= 0.6 is 0 Å². The van der Waals surface area contributed by atoms with E-state index in [1.165, 1.54) is 22.3 Å². The summed E-state index contributed by atoms with van der Waals surface area (Å²) in [5, 5.41) is 10.7. The number of amides is 1. The fraction of sp³-hybridized carbons (Fsp3) is 0.200. The van der Waals surface area contributed by atoms with E-state index in [4.69, 9.17) is 9.47 Å². The number of benzene rings is 4. The number of hydrogen-bond donors (Lipinski definition) is 1. The van der Waals surface area contributed by atoms with E-state index < -0.39 is 11.8 Å². The third-order valence-corrected chi connectivity index (χ3v) is 7.03. The van der Waals surface area contributed by atoms with Crippen LogP contribution in [0.5, 0.6) is 5.75 Å². The van der Waals surface area contributed by atoms with Crippen molar-refractivity contribution in [3.63, 3.8) is 0 Å². The molecule has 1 heterocycles.